The van der Waals surface area contributed by atoms with Crippen molar-refractivity contribution in [2.24, 2.45) is 0 Å². The van der Waals surface area contributed by atoms with Crippen LogP contribution in [0.4, 0.5) is 0 Å². The first kappa shape index (κ1) is 21.3. The first-order valence-corrected chi connectivity index (χ1v) is 9.79. The number of carbonyl (C=O) groups excluding carboxylic acids is 3. The van der Waals surface area contributed by atoms with E-state index in [1.165, 1.54) is 17.9 Å². The van der Waals surface area contributed by atoms with Crippen LogP contribution in [0.25, 0.3) is 5.57 Å². The molecule has 0 radical (unpaired) electrons. The SMILES string of the molecule is CC(=O)OC1(C(=O)NC(C)(C)C)C(c2ccccc2)=CC(=O)N1Cc1ccccc1. The minimum absolute atomic E-state index is 0.108. The first-order valence-electron chi connectivity index (χ1n) is 9.79. The van der Waals surface area contributed by atoms with Gasteiger partial charge >= 0.3 is 5.97 Å². The van der Waals surface area contributed by atoms with Crippen LogP contribution in [0, 0.1) is 0 Å². The Bertz CT molecular complexity index is 977. The summed E-state index contributed by atoms with van der Waals surface area (Å²) >= 11 is 0. The van der Waals surface area contributed by atoms with Crippen molar-refractivity contribution in [3.63, 3.8) is 0 Å². The Labute approximate surface area is 176 Å². The van der Waals surface area contributed by atoms with Gasteiger partial charge in [0.05, 0.1) is 6.54 Å². The zero-order valence-corrected chi connectivity index (χ0v) is 17.6. The Morgan fingerprint density at radius 1 is 1.00 bits per heavy atom. The van der Waals surface area contributed by atoms with E-state index in [1.54, 1.807) is 24.3 Å². The van der Waals surface area contributed by atoms with Gasteiger partial charge in [-0.3, -0.25) is 19.3 Å². The highest BCUT2D eigenvalue weighted by atomic mass is 16.6. The second-order valence-electron chi connectivity index (χ2n) is 8.28. The van der Waals surface area contributed by atoms with E-state index in [0.717, 1.165) is 5.56 Å². The number of nitrogens with one attached hydrogen (secondary N) is 1. The van der Waals surface area contributed by atoms with Crippen molar-refractivity contribution >= 4 is 23.4 Å². The fraction of sp³-hybridized carbons (Fsp3) is 0.292. The molecule has 0 fully saturated rings. The average Bonchev–Trinajstić information content (AvgIpc) is 2.95. The molecule has 0 saturated carbocycles. The average molecular weight is 406 g/mol. The molecule has 1 aliphatic rings. The van der Waals surface area contributed by atoms with Crippen LogP contribution >= 0.6 is 0 Å². The van der Waals surface area contributed by atoms with Gasteiger partial charge in [-0.25, -0.2) is 0 Å². The predicted molar refractivity (Wildman–Crippen MR) is 114 cm³/mol. The largest absolute Gasteiger partial charge is 0.425 e. The highest BCUT2D eigenvalue weighted by Gasteiger charge is 2.57. The number of carbonyl (C=O) groups is 3. The van der Waals surface area contributed by atoms with Crippen LogP contribution in [-0.4, -0.2) is 33.9 Å². The standard InChI is InChI=1S/C24H26N2O4/c1-17(27)30-24(22(29)25-23(2,3)4)20(19-13-9-6-10-14-19)15-21(28)26(24)16-18-11-7-5-8-12-18/h5-15H,16H2,1-4H3,(H,25,29). The number of hydrogen-bond acceptors (Lipinski definition) is 4. The predicted octanol–water partition coefficient (Wildman–Crippen LogP) is 3.29. The maximum Gasteiger partial charge on any atom is 0.305 e. The molecular formula is C24H26N2O4. The molecule has 1 N–H and O–H groups in total. The van der Waals surface area contributed by atoms with Gasteiger partial charge in [0.2, 0.25) is 0 Å². The number of rotatable bonds is 5. The number of ether oxygens (including phenoxy) is 1. The number of hydrogen-bond donors (Lipinski definition) is 1. The molecule has 0 bridgehead atoms. The van der Waals surface area contributed by atoms with Crippen molar-refractivity contribution in [2.75, 3.05) is 0 Å². The molecule has 0 aliphatic carbocycles. The number of nitrogens with zero attached hydrogens (tertiary/aromatic N) is 1. The normalized spacial score (nSPS) is 18.7. The van der Waals surface area contributed by atoms with Crippen LogP contribution in [0.15, 0.2) is 66.7 Å². The minimum atomic E-state index is -1.91. The summed E-state index contributed by atoms with van der Waals surface area (Å²) in [5.74, 6) is -1.63. The molecule has 1 aliphatic heterocycles. The van der Waals surface area contributed by atoms with Crippen LogP contribution in [0.3, 0.4) is 0 Å². The molecule has 0 saturated heterocycles. The lowest BCUT2D eigenvalue weighted by atomic mass is 9.93. The smallest absolute Gasteiger partial charge is 0.305 e. The van der Waals surface area contributed by atoms with Crippen molar-refractivity contribution in [3.8, 4) is 0 Å². The third-order valence-corrected chi connectivity index (χ3v) is 4.64. The second kappa shape index (κ2) is 8.14. The lowest BCUT2D eigenvalue weighted by Gasteiger charge is -2.40. The Balaban J connectivity index is 2.18. The summed E-state index contributed by atoms with van der Waals surface area (Å²) in [6.07, 6.45) is 1.38. The Hall–Kier alpha value is -3.41. The van der Waals surface area contributed by atoms with Gasteiger partial charge in [0.15, 0.2) is 0 Å². The highest BCUT2D eigenvalue weighted by Crippen LogP contribution is 2.41. The van der Waals surface area contributed by atoms with Crippen molar-refractivity contribution in [2.45, 2.75) is 45.5 Å². The Kier molecular flexibility index (Phi) is 5.78. The molecule has 2 aromatic carbocycles. The van der Waals surface area contributed by atoms with Crippen LogP contribution in [-0.2, 0) is 25.7 Å². The number of benzene rings is 2. The van der Waals surface area contributed by atoms with E-state index < -0.39 is 29.0 Å². The molecule has 2 aromatic rings. The van der Waals surface area contributed by atoms with E-state index in [0.29, 0.717) is 11.1 Å². The molecule has 1 heterocycles. The highest BCUT2D eigenvalue weighted by molar-refractivity contribution is 6.14. The molecule has 3 rings (SSSR count). The van der Waals surface area contributed by atoms with Crippen LogP contribution < -0.4 is 5.32 Å². The molecule has 1 unspecified atom stereocenters. The molecule has 0 spiro atoms. The Morgan fingerprint density at radius 2 is 1.57 bits per heavy atom. The lowest BCUT2D eigenvalue weighted by molar-refractivity contribution is -0.181. The fourth-order valence-corrected chi connectivity index (χ4v) is 3.49. The lowest BCUT2D eigenvalue weighted by Crippen LogP contribution is -2.62. The summed E-state index contributed by atoms with van der Waals surface area (Å²) in [5, 5.41) is 2.89. The molecule has 6 heteroatoms. The maximum atomic E-state index is 13.6. The van der Waals surface area contributed by atoms with E-state index >= 15 is 0 Å². The molecule has 0 aromatic heterocycles. The Morgan fingerprint density at radius 3 is 2.10 bits per heavy atom. The van der Waals surface area contributed by atoms with Crippen molar-refractivity contribution in [3.05, 3.63) is 77.9 Å². The first-order chi connectivity index (χ1) is 14.1. The van der Waals surface area contributed by atoms with Crippen molar-refractivity contribution in [1.29, 1.82) is 0 Å². The van der Waals surface area contributed by atoms with Gasteiger partial charge in [0.25, 0.3) is 17.5 Å². The third kappa shape index (κ3) is 4.27. The summed E-state index contributed by atoms with van der Waals surface area (Å²) in [4.78, 5) is 40.2. The number of esters is 1. The van der Waals surface area contributed by atoms with Gasteiger partial charge in [0.1, 0.15) is 0 Å². The second-order valence-corrected chi connectivity index (χ2v) is 8.28. The van der Waals surface area contributed by atoms with E-state index in [4.69, 9.17) is 4.74 Å². The molecule has 6 nitrogen and oxygen atoms in total. The molecule has 156 valence electrons. The van der Waals surface area contributed by atoms with Gasteiger partial charge in [-0.15, -0.1) is 0 Å². The van der Waals surface area contributed by atoms with E-state index in [1.807, 2.05) is 57.2 Å². The number of amides is 2. The third-order valence-electron chi connectivity index (χ3n) is 4.64. The zero-order valence-electron chi connectivity index (χ0n) is 17.6. The van der Waals surface area contributed by atoms with Gasteiger partial charge in [-0.2, -0.15) is 0 Å². The summed E-state index contributed by atoms with van der Waals surface area (Å²) < 4.78 is 5.71. The molecule has 2 amide bonds. The molecule has 1 atom stereocenters. The van der Waals surface area contributed by atoms with Gasteiger partial charge in [0, 0.05) is 24.1 Å². The summed E-state index contributed by atoms with van der Waals surface area (Å²) in [6.45, 7) is 6.83. The van der Waals surface area contributed by atoms with E-state index in [-0.39, 0.29) is 6.54 Å². The van der Waals surface area contributed by atoms with Crippen LogP contribution in [0.5, 0.6) is 0 Å². The zero-order chi connectivity index (χ0) is 21.9. The summed E-state index contributed by atoms with van der Waals surface area (Å²) in [7, 11) is 0. The summed E-state index contributed by atoms with van der Waals surface area (Å²) in [6, 6.07) is 18.3. The van der Waals surface area contributed by atoms with E-state index in [2.05, 4.69) is 5.32 Å². The van der Waals surface area contributed by atoms with Gasteiger partial charge in [-0.1, -0.05) is 60.7 Å². The molecular weight excluding hydrogens is 380 g/mol. The van der Waals surface area contributed by atoms with Crippen LogP contribution in [0.1, 0.15) is 38.8 Å². The van der Waals surface area contributed by atoms with Gasteiger partial charge in [-0.05, 0) is 31.9 Å². The fourth-order valence-electron chi connectivity index (χ4n) is 3.49. The minimum Gasteiger partial charge on any atom is -0.425 e. The quantitative estimate of drug-likeness (QED) is 0.773. The topological polar surface area (TPSA) is 75.7 Å². The van der Waals surface area contributed by atoms with Gasteiger partial charge < -0.3 is 10.1 Å². The van der Waals surface area contributed by atoms with E-state index in [9.17, 15) is 14.4 Å². The monoisotopic (exact) mass is 406 g/mol. The molecule has 30 heavy (non-hydrogen) atoms. The maximum absolute atomic E-state index is 13.6. The van der Waals surface area contributed by atoms with Crippen molar-refractivity contribution in [1.82, 2.24) is 10.2 Å². The summed E-state index contributed by atoms with van der Waals surface area (Å²) in [5.41, 5.74) is -0.731. The van der Waals surface area contributed by atoms with Crippen molar-refractivity contribution < 1.29 is 19.1 Å². The van der Waals surface area contributed by atoms with Crippen LogP contribution in [0.2, 0.25) is 0 Å².